The summed E-state index contributed by atoms with van der Waals surface area (Å²) in [4.78, 5) is 33.4. The van der Waals surface area contributed by atoms with Crippen molar-refractivity contribution in [3.8, 4) is 5.75 Å². The van der Waals surface area contributed by atoms with Gasteiger partial charge in [0.25, 0.3) is 0 Å². The Hall–Kier alpha value is -2.59. The van der Waals surface area contributed by atoms with Crippen LogP contribution in [0.3, 0.4) is 0 Å². The molecule has 3 N–H and O–H groups in total. The molecule has 1 aromatic rings. The van der Waals surface area contributed by atoms with Crippen molar-refractivity contribution in [2.75, 3.05) is 5.32 Å². The lowest BCUT2D eigenvalue weighted by molar-refractivity contribution is -0.195. The van der Waals surface area contributed by atoms with Gasteiger partial charge in [-0.1, -0.05) is 6.07 Å². The summed E-state index contributed by atoms with van der Waals surface area (Å²) in [5.74, 6) is -1.71. The van der Waals surface area contributed by atoms with Gasteiger partial charge in [-0.3, -0.25) is 9.59 Å². The van der Waals surface area contributed by atoms with E-state index in [1.54, 1.807) is 18.2 Å². The molecule has 26 heavy (non-hydrogen) atoms. The molecule has 140 valence electrons. The Morgan fingerprint density at radius 1 is 1.35 bits per heavy atom. The molecule has 0 bridgehead atoms. The maximum atomic E-state index is 11.4. The Labute approximate surface area is 150 Å². The first-order valence-corrected chi connectivity index (χ1v) is 8.01. The maximum absolute atomic E-state index is 11.4. The Balaban J connectivity index is 2.17. The Kier molecular flexibility index (Phi) is 6.59. The van der Waals surface area contributed by atoms with Crippen LogP contribution in [0.4, 0.5) is 10.5 Å². The first-order valence-electron chi connectivity index (χ1n) is 8.01. The summed E-state index contributed by atoms with van der Waals surface area (Å²) in [5.41, 5.74) is 0.946. The minimum atomic E-state index is -1.18. The van der Waals surface area contributed by atoms with Crippen LogP contribution in [0.2, 0.25) is 0 Å². The monoisotopic (exact) mass is 365 g/mol. The second kappa shape index (κ2) is 8.68. The van der Waals surface area contributed by atoms with Crippen molar-refractivity contribution < 1.29 is 38.8 Å². The zero-order chi connectivity index (χ0) is 19.3. The van der Waals surface area contributed by atoms with Crippen LogP contribution in [0.5, 0.6) is 5.75 Å². The van der Waals surface area contributed by atoms with E-state index in [-0.39, 0.29) is 31.1 Å². The number of carboxylic acids is 1. The molecule has 3 atom stereocenters. The smallest absolute Gasteiger partial charge is 0.333 e. The summed E-state index contributed by atoms with van der Waals surface area (Å²) >= 11 is 0. The van der Waals surface area contributed by atoms with Crippen molar-refractivity contribution in [2.45, 2.75) is 44.9 Å². The van der Waals surface area contributed by atoms with Crippen LogP contribution in [0.1, 0.15) is 25.3 Å². The van der Waals surface area contributed by atoms with Crippen LogP contribution in [-0.4, -0.2) is 54.3 Å². The normalized spacial score (nSPS) is 22.3. The third-order valence-electron chi connectivity index (χ3n) is 3.60. The van der Waals surface area contributed by atoms with Gasteiger partial charge in [0.1, 0.15) is 12.4 Å². The average molecular weight is 365 g/mol. The van der Waals surface area contributed by atoms with Gasteiger partial charge in [0.2, 0.25) is 25.9 Å². The Morgan fingerprint density at radius 3 is 2.69 bits per heavy atom. The molecule has 9 nitrogen and oxygen atoms in total. The molecule has 1 heterocycles. The second-order valence-electron chi connectivity index (χ2n) is 5.93. The van der Waals surface area contributed by atoms with E-state index < -0.39 is 30.3 Å². The van der Waals surface area contributed by atoms with Crippen molar-refractivity contribution in [1.29, 1.82) is 0 Å². The maximum Gasteiger partial charge on any atom is 0.333 e. The summed E-state index contributed by atoms with van der Waals surface area (Å²) in [6.07, 6.45) is -2.95. The summed E-state index contributed by atoms with van der Waals surface area (Å²) < 4.78 is 15.9. The number of rotatable bonds is 6. The number of benzene rings is 1. The first-order chi connectivity index (χ1) is 12.2. The number of aliphatic hydroxyl groups excluding tert-OH is 1. The number of amides is 1. The van der Waals surface area contributed by atoms with Crippen molar-refractivity contribution >= 4 is 31.3 Å². The lowest BCUT2D eigenvalue weighted by atomic mass is 10.1. The molecule has 0 radical (unpaired) electrons. The highest BCUT2D eigenvalue weighted by Gasteiger charge is 2.34. The van der Waals surface area contributed by atoms with Gasteiger partial charge in [0.15, 0.2) is 6.10 Å². The largest absolute Gasteiger partial charge is 0.479 e. The van der Waals surface area contributed by atoms with Gasteiger partial charge < -0.3 is 29.7 Å². The van der Waals surface area contributed by atoms with E-state index in [0.717, 1.165) is 0 Å². The number of aliphatic carboxylic acids is 1. The van der Waals surface area contributed by atoms with Crippen LogP contribution in [0.15, 0.2) is 18.2 Å². The fourth-order valence-electron chi connectivity index (χ4n) is 2.48. The number of hydrogen-bond donors (Lipinski definition) is 3. The number of hydrogen-bond acceptors (Lipinski definition) is 7. The number of carbonyl (C=O) groups excluding carboxylic acids is 2. The minimum Gasteiger partial charge on any atom is -0.479 e. The van der Waals surface area contributed by atoms with E-state index in [1.807, 2.05) is 0 Å². The molecule has 1 aliphatic heterocycles. The Morgan fingerprint density at radius 2 is 2.08 bits per heavy atom. The molecule has 1 fully saturated rings. The molecular formula is C16H20BNO8. The molecule has 0 saturated carbocycles. The van der Waals surface area contributed by atoms with E-state index in [4.69, 9.17) is 19.3 Å². The molecule has 1 aromatic carbocycles. The molecule has 0 aliphatic carbocycles. The molecule has 3 unspecified atom stereocenters. The standard InChI is InChI=1S/C16H20BNO8/c1-8(19)18-11-4-9(7-24-16(17)23)2-3-12(11)25-14-6-10(20)5-13(26-14)15(21)22/h2-4,10,13-14,20H,5-7,17H2,1H3,(H,18,19)(H,21,22). The number of ether oxygens (including phenoxy) is 3. The van der Waals surface area contributed by atoms with Crippen molar-refractivity contribution in [1.82, 2.24) is 0 Å². The second-order valence-corrected chi connectivity index (χ2v) is 5.93. The average Bonchev–Trinajstić information content (AvgIpc) is 2.54. The van der Waals surface area contributed by atoms with E-state index >= 15 is 0 Å². The van der Waals surface area contributed by atoms with Crippen LogP contribution in [0.25, 0.3) is 0 Å². The lowest BCUT2D eigenvalue weighted by Gasteiger charge is -2.31. The highest BCUT2D eigenvalue weighted by molar-refractivity contribution is 6.55. The zero-order valence-electron chi connectivity index (χ0n) is 14.4. The van der Waals surface area contributed by atoms with Gasteiger partial charge in [-0.25, -0.2) is 4.79 Å². The van der Waals surface area contributed by atoms with Crippen LogP contribution in [0, 0.1) is 0 Å². The SMILES string of the molecule is BC(=O)OCc1ccc(OC2CC(O)CC(C(=O)O)O2)c(NC(C)=O)c1. The molecule has 10 heteroatoms. The minimum absolute atomic E-state index is 0.0188. The molecule has 0 aromatic heterocycles. The highest BCUT2D eigenvalue weighted by atomic mass is 16.7. The van der Waals surface area contributed by atoms with Crippen LogP contribution in [-0.2, 0) is 25.7 Å². The zero-order valence-corrected chi connectivity index (χ0v) is 14.4. The fraction of sp³-hybridized carbons (Fsp3) is 0.438. The number of nitrogens with one attached hydrogen (secondary N) is 1. The van der Waals surface area contributed by atoms with Crippen LogP contribution >= 0.6 is 0 Å². The molecule has 0 spiro atoms. The number of carbonyl (C=O) groups is 3. The lowest BCUT2D eigenvalue weighted by Crippen LogP contribution is -2.42. The predicted octanol–water partition coefficient (Wildman–Crippen LogP) is 0.244. The molecule has 1 aliphatic rings. The summed E-state index contributed by atoms with van der Waals surface area (Å²) in [6.45, 7) is 1.35. The van der Waals surface area contributed by atoms with Crippen molar-refractivity contribution in [3.63, 3.8) is 0 Å². The highest BCUT2D eigenvalue weighted by Crippen LogP contribution is 2.30. The summed E-state index contributed by atoms with van der Waals surface area (Å²) in [6, 6.07) is 4.76. The van der Waals surface area contributed by atoms with Gasteiger partial charge in [0, 0.05) is 19.8 Å². The number of carboxylic acid groups (broad SMARTS) is 1. The van der Waals surface area contributed by atoms with Crippen molar-refractivity contribution in [2.24, 2.45) is 0 Å². The topological polar surface area (TPSA) is 131 Å². The molecule has 1 saturated heterocycles. The van der Waals surface area contributed by atoms with E-state index in [0.29, 0.717) is 11.3 Å². The third kappa shape index (κ3) is 5.75. The third-order valence-corrected chi connectivity index (χ3v) is 3.60. The van der Waals surface area contributed by atoms with Gasteiger partial charge >= 0.3 is 5.97 Å². The molecule has 2 rings (SSSR count). The number of anilines is 1. The van der Waals surface area contributed by atoms with E-state index in [9.17, 15) is 19.5 Å². The van der Waals surface area contributed by atoms with Gasteiger partial charge in [0.05, 0.1) is 11.8 Å². The van der Waals surface area contributed by atoms with Crippen LogP contribution < -0.4 is 10.1 Å². The van der Waals surface area contributed by atoms with Gasteiger partial charge in [-0.2, -0.15) is 0 Å². The summed E-state index contributed by atoms with van der Waals surface area (Å²) in [7, 11) is 1.29. The molecular weight excluding hydrogens is 345 g/mol. The van der Waals surface area contributed by atoms with Gasteiger partial charge in [-0.15, -0.1) is 0 Å². The van der Waals surface area contributed by atoms with E-state index in [2.05, 4.69) is 5.32 Å². The van der Waals surface area contributed by atoms with Gasteiger partial charge in [-0.05, 0) is 17.7 Å². The summed E-state index contributed by atoms with van der Waals surface area (Å²) in [5, 5.41) is 21.5. The first kappa shape index (κ1) is 19.7. The van der Waals surface area contributed by atoms with E-state index in [1.165, 1.54) is 14.8 Å². The predicted molar refractivity (Wildman–Crippen MR) is 91.6 cm³/mol. The number of aliphatic hydroxyl groups is 1. The fourth-order valence-corrected chi connectivity index (χ4v) is 2.48. The molecule has 1 amide bonds. The van der Waals surface area contributed by atoms with Crippen molar-refractivity contribution in [3.05, 3.63) is 23.8 Å². The Bertz CT molecular complexity index is 695. The quantitative estimate of drug-likeness (QED) is 0.611.